The summed E-state index contributed by atoms with van der Waals surface area (Å²) in [6, 6.07) is 0. The summed E-state index contributed by atoms with van der Waals surface area (Å²) >= 11 is 0. The van der Waals surface area contributed by atoms with Gasteiger partial charge in [0.2, 0.25) is 0 Å². The van der Waals surface area contributed by atoms with Gasteiger partial charge < -0.3 is 0 Å². The minimum atomic E-state index is 0.989. The topological polar surface area (TPSA) is 0 Å². The maximum atomic E-state index is 4.99. The molecular formula is C11H14. The fourth-order valence-corrected chi connectivity index (χ4v) is 0.684. The highest BCUT2D eigenvalue weighted by Crippen LogP contribution is 1.96. The highest BCUT2D eigenvalue weighted by molar-refractivity contribution is 5.22. The van der Waals surface area contributed by atoms with Crippen LogP contribution in [-0.4, -0.2) is 0 Å². The third-order valence-corrected chi connectivity index (χ3v) is 1.27. The van der Waals surface area contributed by atoms with E-state index in [0.29, 0.717) is 0 Å². The van der Waals surface area contributed by atoms with E-state index in [4.69, 9.17) is 6.42 Å². The fourth-order valence-electron chi connectivity index (χ4n) is 0.684. The first-order valence-corrected chi connectivity index (χ1v) is 4.01. The Morgan fingerprint density at radius 3 is 2.73 bits per heavy atom. The van der Waals surface area contributed by atoms with Crippen molar-refractivity contribution in [1.82, 2.24) is 0 Å². The summed E-state index contributed by atoms with van der Waals surface area (Å²) in [7, 11) is 0. The molecule has 0 N–H and O–H groups in total. The van der Waals surface area contributed by atoms with E-state index in [9.17, 15) is 0 Å². The molecule has 0 atom stereocenters. The van der Waals surface area contributed by atoms with Gasteiger partial charge in [0.25, 0.3) is 0 Å². The van der Waals surface area contributed by atoms with Crippen LogP contribution in [0, 0.1) is 24.2 Å². The third kappa shape index (κ3) is 8.86. The molecule has 58 valence electrons. The molecule has 0 aromatic carbocycles. The average molecular weight is 146 g/mol. The van der Waals surface area contributed by atoms with Gasteiger partial charge in [0, 0.05) is 6.42 Å². The van der Waals surface area contributed by atoms with Crippen LogP contribution in [0.1, 0.15) is 32.6 Å². The first-order valence-electron chi connectivity index (χ1n) is 4.01. The second-order valence-electron chi connectivity index (χ2n) is 2.28. The molecule has 0 fully saturated rings. The molecule has 0 radical (unpaired) electrons. The van der Waals surface area contributed by atoms with E-state index < -0.39 is 0 Å². The molecule has 0 aliphatic rings. The second kappa shape index (κ2) is 8.86. The molecule has 0 saturated heterocycles. The van der Waals surface area contributed by atoms with Crippen LogP contribution >= 0.6 is 0 Å². The van der Waals surface area contributed by atoms with E-state index in [-0.39, 0.29) is 0 Å². The third-order valence-electron chi connectivity index (χ3n) is 1.27. The quantitative estimate of drug-likeness (QED) is 0.424. The van der Waals surface area contributed by atoms with E-state index in [1.165, 1.54) is 19.3 Å². The molecule has 0 bridgehead atoms. The highest BCUT2D eigenvalue weighted by atomic mass is 13.8. The largest absolute Gasteiger partial charge is 0.115 e. The molecule has 0 unspecified atom stereocenters. The van der Waals surface area contributed by atoms with Crippen molar-refractivity contribution < 1.29 is 0 Å². The van der Waals surface area contributed by atoms with Gasteiger partial charge in [-0.3, -0.25) is 0 Å². The molecule has 0 spiro atoms. The smallest absolute Gasteiger partial charge is 0.00922 e. The predicted molar refractivity (Wildman–Crippen MR) is 49.9 cm³/mol. The first-order chi connectivity index (χ1) is 5.41. The molecule has 0 heterocycles. The van der Waals surface area contributed by atoms with E-state index in [1.54, 1.807) is 12.2 Å². The fraction of sp³-hybridized carbons (Fsp3) is 0.455. The lowest BCUT2D eigenvalue weighted by Gasteiger charge is -1.86. The van der Waals surface area contributed by atoms with Gasteiger partial charge in [-0.15, -0.1) is 6.42 Å². The lowest BCUT2D eigenvalue weighted by molar-refractivity contribution is 0.737. The molecule has 0 heteroatoms. The summed E-state index contributed by atoms with van der Waals surface area (Å²) in [5, 5.41) is 0. The van der Waals surface area contributed by atoms with Crippen molar-refractivity contribution in [3.05, 3.63) is 12.2 Å². The Balaban J connectivity index is 3.27. The molecule has 0 aromatic rings. The van der Waals surface area contributed by atoms with Gasteiger partial charge in [-0.2, -0.15) is 0 Å². The number of hydrogen-bond donors (Lipinski definition) is 0. The van der Waals surface area contributed by atoms with Gasteiger partial charge in [0.1, 0.15) is 0 Å². The van der Waals surface area contributed by atoms with Gasteiger partial charge in [-0.1, -0.05) is 37.5 Å². The summed E-state index contributed by atoms with van der Waals surface area (Å²) in [5.41, 5.74) is 0. The Morgan fingerprint density at radius 2 is 2.09 bits per heavy atom. The Morgan fingerprint density at radius 1 is 1.27 bits per heavy atom. The van der Waals surface area contributed by atoms with Crippen molar-refractivity contribution in [3.8, 4) is 24.2 Å². The van der Waals surface area contributed by atoms with Gasteiger partial charge in [-0.05, 0) is 18.6 Å². The number of terminal acetylenes is 1. The van der Waals surface area contributed by atoms with Crippen LogP contribution < -0.4 is 0 Å². The Labute approximate surface area is 69.7 Å². The zero-order chi connectivity index (χ0) is 8.36. The minimum Gasteiger partial charge on any atom is -0.115 e. The van der Waals surface area contributed by atoms with Crippen molar-refractivity contribution >= 4 is 0 Å². The van der Waals surface area contributed by atoms with Crippen molar-refractivity contribution in [3.63, 3.8) is 0 Å². The highest BCUT2D eigenvalue weighted by Gasteiger charge is 1.78. The Hall–Kier alpha value is -1.14. The van der Waals surface area contributed by atoms with E-state index in [0.717, 1.165) is 6.42 Å². The van der Waals surface area contributed by atoms with Crippen molar-refractivity contribution in [2.45, 2.75) is 32.6 Å². The minimum absolute atomic E-state index is 0.989. The summed E-state index contributed by atoms with van der Waals surface area (Å²) in [6.07, 6.45) is 13.0. The standard InChI is InChI=1S/C11H14/c1-3-5-7-9-11-10-8-6-4-2/h1,5,7H,4,6,8,10H2,2H3/b7-5+. The lowest BCUT2D eigenvalue weighted by atomic mass is 10.2. The zero-order valence-electron chi connectivity index (χ0n) is 7.06. The Bertz CT molecular complexity index is 192. The molecule has 0 rings (SSSR count). The van der Waals surface area contributed by atoms with Crippen LogP contribution in [0.25, 0.3) is 0 Å². The summed E-state index contributed by atoms with van der Waals surface area (Å²) in [5.74, 6) is 8.28. The molecule has 0 saturated carbocycles. The normalized spacial score (nSPS) is 8.73. The van der Waals surface area contributed by atoms with Crippen LogP contribution in [0.2, 0.25) is 0 Å². The first kappa shape index (κ1) is 9.86. The number of rotatable bonds is 3. The van der Waals surface area contributed by atoms with Crippen molar-refractivity contribution in [1.29, 1.82) is 0 Å². The molecule has 0 nitrogen and oxygen atoms in total. The van der Waals surface area contributed by atoms with Crippen LogP contribution in [-0.2, 0) is 0 Å². The van der Waals surface area contributed by atoms with E-state index in [2.05, 4.69) is 24.7 Å². The van der Waals surface area contributed by atoms with Crippen molar-refractivity contribution in [2.24, 2.45) is 0 Å². The van der Waals surface area contributed by atoms with E-state index in [1.807, 2.05) is 0 Å². The summed E-state index contributed by atoms with van der Waals surface area (Å²) < 4.78 is 0. The average Bonchev–Trinajstić information content (AvgIpc) is 2.03. The number of allylic oxidation sites excluding steroid dienone is 2. The van der Waals surface area contributed by atoms with Crippen LogP contribution in [0.4, 0.5) is 0 Å². The SMILES string of the molecule is C#C/C=C/C#CCCCCC. The van der Waals surface area contributed by atoms with Crippen LogP contribution in [0.3, 0.4) is 0 Å². The number of hydrogen-bond acceptors (Lipinski definition) is 0. The molecular weight excluding hydrogens is 132 g/mol. The zero-order valence-corrected chi connectivity index (χ0v) is 7.06. The van der Waals surface area contributed by atoms with Gasteiger partial charge in [-0.25, -0.2) is 0 Å². The van der Waals surface area contributed by atoms with Gasteiger partial charge >= 0.3 is 0 Å². The van der Waals surface area contributed by atoms with Crippen LogP contribution in [0.15, 0.2) is 12.2 Å². The lowest BCUT2D eigenvalue weighted by Crippen LogP contribution is -1.69. The summed E-state index contributed by atoms with van der Waals surface area (Å²) in [6.45, 7) is 2.19. The van der Waals surface area contributed by atoms with Gasteiger partial charge in [0.05, 0.1) is 0 Å². The summed E-state index contributed by atoms with van der Waals surface area (Å²) in [4.78, 5) is 0. The number of unbranched alkanes of at least 4 members (excludes halogenated alkanes) is 3. The van der Waals surface area contributed by atoms with Gasteiger partial charge in [0.15, 0.2) is 0 Å². The maximum Gasteiger partial charge on any atom is 0.00922 e. The monoisotopic (exact) mass is 146 g/mol. The van der Waals surface area contributed by atoms with Crippen LogP contribution in [0.5, 0.6) is 0 Å². The second-order valence-corrected chi connectivity index (χ2v) is 2.28. The molecule has 0 aromatic heterocycles. The molecule has 0 amide bonds. The predicted octanol–water partition coefficient (Wildman–Crippen LogP) is 2.76. The maximum absolute atomic E-state index is 4.99. The molecule has 0 aliphatic heterocycles. The Kier molecular flexibility index (Phi) is 7.94. The van der Waals surface area contributed by atoms with E-state index >= 15 is 0 Å². The molecule has 11 heavy (non-hydrogen) atoms. The van der Waals surface area contributed by atoms with Crippen molar-refractivity contribution in [2.75, 3.05) is 0 Å². The molecule has 0 aliphatic carbocycles.